The van der Waals surface area contributed by atoms with Gasteiger partial charge in [0.25, 0.3) is 0 Å². The molecule has 4 nitrogen and oxygen atoms in total. The molecule has 4 rings (SSSR count). The third kappa shape index (κ3) is 6.97. The van der Waals surface area contributed by atoms with Gasteiger partial charge in [-0.2, -0.15) is 18.2 Å². The highest BCUT2D eigenvalue weighted by molar-refractivity contribution is 5.85. The first-order valence-corrected chi connectivity index (χ1v) is 10.7. The Bertz CT molecular complexity index is 1240. The molecule has 0 unspecified atom stereocenters. The standard InChI is InChI=1S/C27H23F3N2O2.ClH/c28-27(29,30)23-14-21(16-31)13-22(15-23)24-11-12-25(33-17-19-7-3-1-4-8-19)32-26(24)34-18-20-9-5-2-6-10-20;/h1-15H,16-18,31H2;1H. The summed E-state index contributed by atoms with van der Waals surface area (Å²) in [4.78, 5) is 4.47. The average molecular weight is 501 g/mol. The predicted molar refractivity (Wildman–Crippen MR) is 131 cm³/mol. The molecule has 1 aromatic heterocycles. The molecule has 0 aliphatic rings. The van der Waals surface area contributed by atoms with Gasteiger partial charge in [0.2, 0.25) is 11.8 Å². The van der Waals surface area contributed by atoms with E-state index >= 15 is 0 Å². The monoisotopic (exact) mass is 500 g/mol. The van der Waals surface area contributed by atoms with Crippen molar-refractivity contribution in [2.45, 2.75) is 25.9 Å². The minimum absolute atomic E-state index is 0. The average Bonchev–Trinajstić information content (AvgIpc) is 2.86. The van der Waals surface area contributed by atoms with Gasteiger partial charge in [-0.1, -0.05) is 60.7 Å². The Morgan fingerprint density at radius 2 is 1.31 bits per heavy atom. The molecule has 0 saturated heterocycles. The van der Waals surface area contributed by atoms with Crippen molar-refractivity contribution in [1.82, 2.24) is 4.98 Å². The van der Waals surface area contributed by atoms with Crippen LogP contribution in [0.1, 0.15) is 22.3 Å². The number of benzene rings is 3. The molecule has 0 aliphatic carbocycles. The number of alkyl halides is 3. The Morgan fingerprint density at radius 1 is 0.714 bits per heavy atom. The smallest absolute Gasteiger partial charge is 0.416 e. The number of ether oxygens (including phenoxy) is 2. The first kappa shape index (κ1) is 26.1. The Kier molecular flexibility index (Phi) is 8.73. The molecule has 0 fully saturated rings. The Morgan fingerprint density at radius 3 is 1.89 bits per heavy atom. The van der Waals surface area contributed by atoms with E-state index in [2.05, 4.69) is 4.98 Å². The quantitative estimate of drug-likeness (QED) is 0.289. The predicted octanol–water partition coefficient (Wildman–Crippen LogP) is 6.81. The second kappa shape index (κ2) is 11.7. The molecule has 0 radical (unpaired) electrons. The van der Waals surface area contributed by atoms with Gasteiger partial charge < -0.3 is 15.2 Å². The van der Waals surface area contributed by atoms with Gasteiger partial charge in [-0.15, -0.1) is 12.4 Å². The zero-order chi connectivity index (χ0) is 24.0. The van der Waals surface area contributed by atoms with Gasteiger partial charge in [-0.05, 0) is 46.5 Å². The summed E-state index contributed by atoms with van der Waals surface area (Å²) in [6, 6.07) is 26.1. The summed E-state index contributed by atoms with van der Waals surface area (Å²) in [7, 11) is 0. The van der Waals surface area contributed by atoms with Crippen molar-refractivity contribution in [2.24, 2.45) is 5.73 Å². The number of nitrogens with zero attached hydrogens (tertiary/aromatic N) is 1. The van der Waals surface area contributed by atoms with Gasteiger partial charge in [0, 0.05) is 18.2 Å². The third-order valence-corrected chi connectivity index (χ3v) is 5.15. The third-order valence-electron chi connectivity index (χ3n) is 5.15. The van der Waals surface area contributed by atoms with E-state index in [1.807, 2.05) is 60.7 Å². The van der Waals surface area contributed by atoms with Crippen LogP contribution in [0.4, 0.5) is 13.2 Å². The van der Waals surface area contributed by atoms with E-state index in [0.29, 0.717) is 29.2 Å². The lowest BCUT2D eigenvalue weighted by Gasteiger charge is -2.16. The van der Waals surface area contributed by atoms with Crippen molar-refractivity contribution < 1.29 is 22.6 Å². The van der Waals surface area contributed by atoms with Crippen molar-refractivity contribution in [1.29, 1.82) is 0 Å². The summed E-state index contributed by atoms with van der Waals surface area (Å²) in [5.74, 6) is 0.485. The zero-order valence-corrected chi connectivity index (χ0v) is 19.5. The molecule has 4 aromatic rings. The summed E-state index contributed by atoms with van der Waals surface area (Å²) in [5, 5.41) is 0. The maximum atomic E-state index is 13.5. The first-order chi connectivity index (χ1) is 16.4. The van der Waals surface area contributed by atoms with E-state index in [1.165, 1.54) is 0 Å². The van der Waals surface area contributed by atoms with Crippen LogP contribution in [0, 0.1) is 0 Å². The molecule has 0 amide bonds. The molecule has 1 heterocycles. The number of aromatic nitrogens is 1. The Balaban J connectivity index is 0.00000342. The Labute approximate surface area is 207 Å². The highest BCUT2D eigenvalue weighted by Crippen LogP contribution is 2.37. The second-order valence-electron chi connectivity index (χ2n) is 7.67. The van der Waals surface area contributed by atoms with Crippen molar-refractivity contribution in [3.63, 3.8) is 0 Å². The van der Waals surface area contributed by atoms with E-state index in [4.69, 9.17) is 15.2 Å². The first-order valence-electron chi connectivity index (χ1n) is 10.7. The van der Waals surface area contributed by atoms with Crippen LogP contribution in [0.2, 0.25) is 0 Å². The number of pyridine rings is 1. The fourth-order valence-corrected chi connectivity index (χ4v) is 3.42. The maximum Gasteiger partial charge on any atom is 0.416 e. The molecule has 182 valence electrons. The van der Waals surface area contributed by atoms with E-state index in [-0.39, 0.29) is 31.4 Å². The molecule has 0 aliphatic heterocycles. The van der Waals surface area contributed by atoms with Gasteiger partial charge in [-0.25, -0.2) is 0 Å². The lowest BCUT2D eigenvalue weighted by Crippen LogP contribution is -2.08. The fraction of sp³-hybridized carbons (Fsp3) is 0.148. The van der Waals surface area contributed by atoms with Crippen LogP contribution >= 0.6 is 12.4 Å². The fourth-order valence-electron chi connectivity index (χ4n) is 3.42. The van der Waals surface area contributed by atoms with E-state index < -0.39 is 11.7 Å². The van der Waals surface area contributed by atoms with Crippen LogP contribution in [0.5, 0.6) is 11.8 Å². The summed E-state index contributed by atoms with van der Waals surface area (Å²) in [5.41, 5.74) is 7.86. The summed E-state index contributed by atoms with van der Waals surface area (Å²) >= 11 is 0. The van der Waals surface area contributed by atoms with Crippen molar-refractivity contribution in [2.75, 3.05) is 0 Å². The van der Waals surface area contributed by atoms with Crippen LogP contribution in [0.25, 0.3) is 11.1 Å². The zero-order valence-electron chi connectivity index (χ0n) is 18.7. The molecule has 0 saturated carbocycles. The number of hydrogen-bond donors (Lipinski definition) is 1. The highest BCUT2D eigenvalue weighted by Gasteiger charge is 2.31. The minimum Gasteiger partial charge on any atom is -0.473 e. The molecule has 0 atom stereocenters. The molecule has 35 heavy (non-hydrogen) atoms. The van der Waals surface area contributed by atoms with Crippen LogP contribution in [-0.4, -0.2) is 4.98 Å². The van der Waals surface area contributed by atoms with Crippen molar-refractivity contribution in [3.05, 3.63) is 113 Å². The molecule has 0 bridgehead atoms. The highest BCUT2D eigenvalue weighted by atomic mass is 35.5. The maximum absolute atomic E-state index is 13.5. The van der Waals surface area contributed by atoms with Crippen LogP contribution in [0.3, 0.4) is 0 Å². The molecule has 3 aromatic carbocycles. The second-order valence-corrected chi connectivity index (χ2v) is 7.67. The molecular formula is C27H24ClF3N2O2. The largest absolute Gasteiger partial charge is 0.473 e. The normalized spacial score (nSPS) is 11.0. The van der Waals surface area contributed by atoms with Crippen molar-refractivity contribution in [3.8, 4) is 22.9 Å². The lowest BCUT2D eigenvalue weighted by atomic mass is 10.00. The van der Waals surface area contributed by atoms with Gasteiger partial charge in [0.05, 0.1) is 5.56 Å². The molecule has 0 spiro atoms. The number of halogens is 4. The Hall–Kier alpha value is -3.55. The van der Waals surface area contributed by atoms with Crippen molar-refractivity contribution >= 4 is 12.4 Å². The van der Waals surface area contributed by atoms with Gasteiger partial charge in [-0.3, -0.25) is 0 Å². The molecule has 2 N–H and O–H groups in total. The summed E-state index contributed by atoms with van der Waals surface area (Å²) < 4.78 is 52.2. The van der Waals surface area contributed by atoms with E-state index in [0.717, 1.165) is 23.3 Å². The molecule has 8 heteroatoms. The van der Waals surface area contributed by atoms with Gasteiger partial charge >= 0.3 is 6.18 Å². The minimum atomic E-state index is -4.50. The number of hydrogen-bond acceptors (Lipinski definition) is 4. The molecular weight excluding hydrogens is 477 g/mol. The topological polar surface area (TPSA) is 57.4 Å². The summed E-state index contributed by atoms with van der Waals surface area (Å²) in [6.45, 7) is 0.473. The van der Waals surface area contributed by atoms with Gasteiger partial charge in [0.15, 0.2) is 0 Å². The lowest BCUT2D eigenvalue weighted by molar-refractivity contribution is -0.137. The van der Waals surface area contributed by atoms with Crippen LogP contribution < -0.4 is 15.2 Å². The SMILES string of the molecule is Cl.NCc1cc(-c2ccc(OCc3ccccc3)nc2OCc2ccccc2)cc(C(F)(F)F)c1. The number of rotatable bonds is 8. The number of nitrogens with two attached hydrogens (primary N) is 1. The van der Waals surface area contributed by atoms with E-state index in [9.17, 15) is 13.2 Å². The van der Waals surface area contributed by atoms with Gasteiger partial charge in [0.1, 0.15) is 13.2 Å². The van der Waals surface area contributed by atoms with E-state index in [1.54, 1.807) is 18.2 Å². The summed E-state index contributed by atoms with van der Waals surface area (Å²) in [6.07, 6.45) is -4.50. The van der Waals surface area contributed by atoms with Crippen LogP contribution in [0.15, 0.2) is 91.0 Å². The van der Waals surface area contributed by atoms with Crippen LogP contribution in [-0.2, 0) is 25.9 Å².